The molecule has 0 bridgehead atoms. The Balaban J connectivity index is 0.00000119. The summed E-state index contributed by atoms with van der Waals surface area (Å²) in [4.78, 5) is 0. The molecule has 1 heterocycles. The second-order valence-corrected chi connectivity index (χ2v) is 30.1. The van der Waals surface area contributed by atoms with Gasteiger partial charge in [0, 0.05) is 32.5 Å². The van der Waals surface area contributed by atoms with Gasteiger partial charge in [0.25, 0.3) is 0 Å². The molecule has 3 saturated carbocycles. The van der Waals surface area contributed by atoms with Crippen LogP contribution in [-0.4, -0.2) is 41.0 Å². The summed E-state index contributed by atoms with van der Waals surface area (Å²) in [7, 11) is -1.72. The van der Waals surface area contributed by atoms with Crippen LogP contribution in [0.2, 0.25) is 39.3 Å². The van der Waals surface area contributed by atoms with Crippen LogP contribution in [0.3, 0.4) is 0 Å². The van der Waals surface area contributed by atoms with Crippen molar-refractivity contribution < 1.29 is 30.6 Å². The van der Waals surface area contributed by atoms with E-state index in [-0.39, 0.29) is 32.0 Å². The fourth-order valence-corrected chi connectivity index (χ4v) is 8.33. The molecule has 49 heavy (non-hydrogen) atoms. The topological polar surface area (TPSA) is 37.4 Å². The Kier molecular flexibility index (Phi) is 25.9. The van der Waals surface area contributed by atoms with Gasteiger partial charge in [0.05, 0.1) is 0 Å². The predicted octanol–water partition coefficient (Wildman–Crippen LogP) is 14.2. The molecule has 4 aliphatic rings. The van der Waals surface area contributed by atoms with Gasteiger partial charge in [0.1, 0.15) is 0 Å². The van der Waals surface area contributed by atoms with Gasteiger partial charge in [-0.15, -0.1) is 28.2 Å². The molecule has 1 aliphatic heterocycles. The molecule has 4 rings (SSSR count). The minimum absolute atomic E-state index is 0. The molecule has 4 unspecified atom stereocenters. The van der Waals surface area contributed by atoms with Crippen molar-refractivity contribution in [1.82, 2.24) is 0 Å². The molecule has 0 aromatic carbocycles. The molecule has 1 saturated heterocycles. The number of ether oxygens (including phenoxy) is 1. The van der Waals surface area contributed by atoms with Crippen LogP contribution in [0.15, 0.2) is 0 Å². The minimum Gasteiger partial charge on any atom is -0.674 e. The second kappa shape index (κ2) is 25.3. The third-order valence-corrected chi connectivity index (χ3v) is 10.8. The fraction of sp³-hybridized carbons (Fsp3) is 0.930. The third-order valence-electron chi connectivity index (χ3n) is 10.8. The van der Waals surface area contributed by atoms with Gasteiger partial charge in [-0.2, -0.15) is 6.42 Å². The molecule has 6 heteroatoms. The Morgan fingerprint density at radius 3 is 1.08 bits per heavy atom. The van der Waals surface area contributed by atoms with E-state index in [1.54, 1.807) is 0 Å². The van der Waals surface area contributed by atoms with Crippen LogP contribution < -0.4 is 0 Å². The van der Waals surface area contributed by atoms with Crippen molar-refractivity contribution in [2.45, 2.75) is 196 Å². The van der Waals surface area contributed by atoms with Crippen molar-refractivity contribution in [2.24, 2.45) is 53.3 Å². The molecule has 3 aliphatic carbocycles. The molecule has 0 N–H and O–H groups in total. The van der Waals surface area contributed by atoms with Crippen molar-refractivity contribution in [3.05, 3.63) is 30.3 Å². The Morgan fingerprint density at radius 1 is 0.531 bits per heavy atom. The average Bonchev–Trinajstić information content (AvgIpc) is 3.56. The number of rotatable bonds is 9. The van der Waals surface area contributed by atoms with Crippen molar-refractivity contribution in [2.75, 3.05) is 6.61 Å². The van der Waals surface area contributed by atoms with E-state index < -0.39 is 16.1 Å². The van der Waals surface area contributed by atoms with Crippen LogP contribution in [0, 0.1) is 73.0 Å². The van der Waals surface area contributed by atoms with E-state index in [9.17, 15) is 0 Å². The van der Waals surface area contributed by atoms with E-state index in [0.717, 1.165) is 60.4 Å². The number of nitrogens with zero attached hydrogens (tertiary/aromatic N) is 2. The van der Waals surface area contributed by atoms with Crippen LogP contribution in [0.25, 0.3) is 10.6 Å². The summed E-state index contributed by atoms with van der Waals surface area (Å²) in [5.74, 6) is 6.62. The van der Waals surface area contributed by atoms with Gasteiger partial charge in [-0.25, -0.2) is 12.8 Å². The summed E-state index contributed by atoms with van der Waals surface area (Å²) in [6, 6.07) is 1.04. The average molecular weight is 749 g/mol. The molecule has 4 atom stereocenters. The maximum Gasteiger partial charge on any atom is 0.00878 e. The van der Waals surface area contributed by atoms with E-state index in [4.69, 9.17) is 15.4 Å². The van der Waals surface area contributed by atoms with Gasteiger partial charge in [0.2, 0.25) is 0 Å². The molecular formula is C43H87N2OScSi2-5. The monoisotopic (exact) mass is 749 g/mol. The molecular weight excluding hydrogens is 662 g/mol. The largest absolute Gasteiger partial charge is 0.674 e. The van der Waals surface area contributed by atoms with Crippen molar-refractivity contribution in [3.8, 4) is 0 Å². The molecule has 0 aromatic rings. The second-order valence-electron chi connectivity index (χ2n) is 19.9. The maximum atomic E-state index is 5.88. The standard InChI is InChI=1S/C31H58N2.C4H7O.2C4H11Si.Sc/c1-20(2)25-16-12-17-26(21(3)4)29(25)32-31(24-14-10-9-11-15-24)33-30-27(22(5)6)18-13-19-28(30)23(7)8;1-2-4-5-3-1;2*1-5(2,3)4;/h20-31H,9-19H2,1-8H3;3H,1-2,4H2;2*1H2,2-4H3;/q-2;3*-1;. The van der Waals surface area contributed by atoms with E-state index in [1.807, 2.05) is 6.61 Å². The first-order valence-corrected chi connectivity index (χ1v) is 28.2. The Hall–Kier alpha value is 1.18. The van der Waals surface area contributed by atoms with E-state index in [2.05, 4.69) is 108 Å². The van der Waals surface area contributed by atoms with Crippen LogP contribution in [0.4, 0.5) is 0 Å². The maximum absolute atomic E-state index is 5.88. The van der Waals surface area contributed by atoms with Gasteiger partial charge < -0.3 is 28.5 Å². The summed E-state index contributed by atoms with van der Waals surface area (Å²) >= 11 is 0. The van der Waals surface area contributed by atoms with E-state index in [0.29, 0.717) is 18.0 Å². The zero-order chi connectivity index (χ0) is 36.7. The number of hydrogen-bond donors (Lipinski definition) is 0. The first kappa shape index (κ1) is 50.2. The normalized spacial score (nSPS) is 28.9. The van der Waals surface area contributed by atoms with Gasteiger partial charge in [0.15, 0.2) is 0 Å². The molecule has 1 radical (unpaired) electrons. The first-order valence-electron chi connectivity index (χ1n) is 20.7. The number of hydrogen-bond acceptors (Lipinski definition) is 1. The van der Waals surface area contributed by atoms with Gasteiger partial charge in [-0.1, -0.05) is 201 Å². The summed E-state index contributed by atoms with van der Waals surface area (Å²) in [5.41, 5.74) is 0. The van der Waals surface area contributed by atoms with Gasteiger partial charge in [-0.3, -0.25) is 0 Å². The smallest absolute Gasteiger partial charge is 0.00878 e. The van der Waals surface area contributed by atoms with Crippen LogP contribution in [-0.2, 0) is 30.6 Å². The molecule has 0 amide bonds. The zero-order valence-electron chi connectivity index (χ0n) is 35.7. The summed E-state index contributed by atoms with van der Waals surface area (Å²) in [6.45, 7) is 43.5. The minimum atomic E-state index is -0.861. The quantitative estimate of drug-likeness (QED) is 0.171. The summed E-state index contributed by atoms with van der Waals surface area (Å²) in [5, 5.41) is 11.8. The van der Waals surface area contributed by atoms with Gasteiger partial charge >= 0.3 is 0 Å². The Labute approximate surface area is 331 Å². The summed E-state index contributed by atoms with van der Waals surface area (Å²) < 4.78 is 4.82. The molecule has 4 fully saturated rings. The van der Waals surface area contributed by atoms with E-state index in [1.165, 1.54) is 77.0 Å². The molecule has 0 aromatic heterocycles. The SMILES string of the molecule is CC(C)C1CCCC(C(C)C)C1[N-]C([N-]C1C(C(C)C)CCCC1C(C)C)C1CCCCC1.[CH-]1CCCO1.[CH2-][Si](C)(C)C.[CH2-][Si](C)(C)C.[Sc]. The van der Waals surface area contributed by atoms with Crippen molar-refractivity contribution >= 4 is 16.1 Å². The Morgan fingerprint density at radius 2 is 0.857 bits per heavy atom. The molecule has 0 spiro atoms. The van der Waals surface area contributed by atoms with Crippen molar-refractivity contribution in [1.29, 1.82) is 0 Å². The fourth-order valence-electron chi connectivity index (χ4n) is 8.33. The Bertz CT molecular complexity index is 695. The summed E-state index contributed by atoms with van der Waals surface area (Å²) in [6.07, 6.45) is 17.8. The van der Waals surface area contributed by atoms with Crippen LogP contribution in [0.5, 0.6) is 0 Å². The van der Waals surface area contributed by atoms with Crippen LogP contribution in [0.1, 0.15) is 139 Å². The van der Waals surface area contributed by atoms with Gasteiger partial charge in [-0.05, 0) is 23.7 Å². The molecule has 291 valence electrons. The van der Waals surface area contributed by atoms with E-state index >= 15 is 0 Å². The van der Waals surface area contributed by atoms with Crippen molar-refractivity contribution in [3.63, 3.8) is 0 Å². The van der Waals surface area contributed by atoms with Crippen LogP contribution >= 0.6 is 0 Å². The third kappa shape index (κ3) is 22.2. The molecule has 3 nitrogen and oxygen atoms in total. The first-order chi connectivity index (χ1) is 22.2. The zero-order valence-corrected chi connectivity index (χ0v) is 39.5. The predicted molar refractivity (Wildman–Crippen MR) is 223 cm³/mol.